The molecule has 0 spiro atoms. The summed E-state index contributed by atoms with van der Waals surface area (Å²) in [5, 5.41) is 6.37. The van der Waals surface area contributed by atoms with Crippen LogP contribution in [0.5, 0.6) is 0 Å². The van der Waals surface area contributed by atoms with Crippen molar-refractivity contribution in [3.05, 3.63) is 35.4 Å². The van der Waals surface area contributed by atoms with Crippen LogP contribution in [0.25, 0.3) is 0 Å². The molecule has 0 aromatic heterocycles. The standard InChI is InChI=1S/C15H21N3O/c19-15(11-18-7-5-16-6-8-18)17-10-13-9-12-3-1-2-4-14(12)13/h1-4,13,16H,5-11H2,(H,17,19). The fourth-order valence-electron chi connectivity index (χ4n) is 2.91. The van der Waals surface area contributed by atoms with Crippen LogP contribution < -0.4 is 10.6 Å². The van der Waals surface area contributed by atoms with E-state index in [0.717, 1.165) is 39.1 Å². The molecule has 1 unspecified atom stereocenters. The lowest BCUT2D eigenvalue weighted by molar-refractivity contribution is -0.122. The molecule has 2 aliphatic rings. The number of hydrogen-bond donors (Lipinski definition) is 2. The third-order valence-electron chi connectivity index (χ3n) is 4.08. The van der Waals surface area contributed by atoms with Crippen LogP contribution in [0.4, 0.5) is 0 Å². The summed E-state index contributed by atoms with van der Waals surface area (Å²) in [7, 11) is 0. The van der Waals surface area contributed by atoms with Crippen molar-refractivity contribution in [2.24, 2.45) is 0 Å². The van der Waals surface area contributed by atoms with Crippen LogP contribution in [-0.2, 0) is 11.2 Å². The van der Waals surface area contributed by atoms with E-state index >= 15 is 0 Å². The number of hydrogen-bond acceptors (Lipinski definition) is 3. The lowest BCUT2D eigenvalue weighted by atomic mass is 9.77. The maximum Gasteiger partial charge on any atom is 0.234 e. The van der Waals surface area contributed by atoms with Crippen LogP contribution in [0, 0.1) is 0 Å². The van der Waals surface area contributed by atoms with Gasteiger partial charge in [-0.2, -0.15) is 0 Å². The van der Waals surface area contributed by atoms with Crippen molar-refractivity contribution in [1.29, 1.82) is 0 Å². The van der Waals surface area contributed by atoms with Gasteiger partial charge in [0.2, 0.25) is 5.91 Å². The summed E-state index contributed by atoms with van der Waals surface area (Å²) in [6, 6.07) is 8.51. The first-order valence-electron chi connectivity index (χ1n) is 7.10. The highest BCUT2D eigenvalue weighted by atomic mass is 16.2. The molecule has 1 aromatic carbocycles. The highest BCUT2D eigenvalue weighted by Crippen LogP contribution is 2.33. The molecule has 0 radical (unpaired) electrons. The lowest BCUT2D eigenvalue weighted by Gasteiger charge is -2.31. The fraction of sp³-hybridized carbons (Fsp3) is 0.533. The summed E-state index contributed by atoms with van der Waals surface area (Å²) < 4.78 is 0. The normalized spacial score (nSPS) is 22.4. The second-order valence-electron chi connectivity index (χ2n) is 5.43. The largest absolute Gasteiger partial charge is 0.354 e. The first-order valence-corrected chi connectivity index (χ1v) is 7.10. The number of benzene rings is 1. The zero-order valence-electron chi connectivity index (χ0n) is 11.2. The number of piperazine rings is 1. The van der Waals surface area contributed by atoms with Crippen molar-refractivity contribution < 1.29 is 4.79 Å². The molecule has 102 valence electrons. The molecule has 1 saturated heterocycles. The van der Waals surface area contributed by atoms with E-state index in [9.17, 15) is 4.79 Å². The first-order chi connectivity index (χ1) is 9.33. The van der Waals surface area contributed by atoms with Crippen molar-refractivity contribution in [1.82, 2.24) is 15.5 Å². The SMILES string of the molecule is O=C(CN1CCNCC1)NCC1Cc2ccccc21. The number of fused-ring (bicyclic) bond motifs is 1. The average Bonchev–Trinajstić information content (AvgIpc) is 2.41. The highest BCUT2D eigenvalue weighted by Gasteiger charge is 2.25. The molecule has 1 atom stereocenters. The Morgan fingerprint density at radius 1 is 1.32 bits per heavy atom. The molecule has 4 nitrogen and oxygen atoms in total. The number of rotatable bonds is 4. The van der Waals surface area contributed by atoms with Gasteiger partial charge in [0.1, 0.15) is 0 Å². The monoisotopic (exact) mass is 259 g/mol. The molecule has 0 saturated carbocycles. The predicted octanol–water partition coefficient (Wildman–Crippen LogP) is 0.348. The highest BCUT2D eigenvalue weighted by molar-refractivity contribution is 5.78. The van der Waals surface area contributed by atoms with Crippen LogP contribution in [-0.4, -0.2) is 50.1 Å². The zero-order chi connectivity index (χ0) is 13.1. The number of nitrogens with zero attached hydrogens (tertiary/aromatic N) is 1. The summed E-state index contributed by atoms with van der Waals surface area (Å²) in [5.74, 6) is 0.675. The molecular weight excluding hydrogens is 238 g/mol. The van der Waals surface area contributed by atoms with Gasteiger partial charge in [-0.1, -0.05) is 24.3 Å². The molecule has 4 heteroatoms. The Kier molecular flexibility index (Phi) is 3.80. The van der Waals surface area contributed by atoms with Crippen LogP contribution in [0.3, 0.4) is 0 Å². The van der Waals surface area contributed by atoms with Gasteiger partial charge in [0, 0.05) is 38.6 Å². The van der Waals surface area contributed by atoms with Crippen molar-refractivity contribution in [3.8, 4) is 0 Å². The van der Waals surface area contributed by atoms with E-state index in [2.05, 4.69) is 39.8 Å². The van der Waals surface area contributed by atoms with E-state index in [4.69, 9.17) is 0 Å². The van der Waals surface area contributed by atoms with Crippen molar-refractivity contribution in [2.75, 3.05) is 39.3 Å². The average molecular weight is 259 g/mol. The molecule has 3 rings (SSSR count). The van der Waals surface area contributed by atoms with E-state index in [1.165, 1.54) is 11.1 Å². The minimum absolute atomic E-state index is 0.159. The molecule has 19 heavy (non-hydrogen) atoms. The van der Waals surface area contributed by atoms with E-state index in [-0.39, 0.29) is 5.91 Å². The Morgan fingerprint density at radius 3 is 2.89 bits per heavy atom. The molecule has 1 heterocycles. The van der Waals surface area contributed by atoms with E-state index in [1.54, 1.807) is 0 Å². The summed E-state index contributed by atoms with van der Waals surface area (Å²) in [6.45, 7) is 5.24. The quantitative estimate of drug-likeness (QED) is 0.820. The van der Waals surface area contributed by atoms with Crippen LogP contribution in [0.1, 0.15) is 17.0 Å². The second-order valence-corrected chi connectivity index (χ2v) is 5.43. The van der Waals surface area contributed by atoms with Gasteiger partial charge in [-0.15, -0.1) is 0 Å². The van der Waals surface area contributed by atoms with Gasteiger partial charge in [0.05, 0.1) is 6.54 Å². The predicted molar refractivity (Wildman–Crippen MR) is 75.2 cm³/mol. The maximum atomic E-state index is 11.9. The first kappa shape index (κ1) is 12.6. The second kappa shape index (κ2) is 5.72. The number of carbonyl (C=O) groups is 1. The molecule has 1 amide bonds. The van der Waals surface area contributed by atoms with Crippen LogP contribution in [0.15, 0.2) is 24.3 Å². The smallest absolute Gasteiger partial charge is 0.234 e. The minimum Gasteiger partial charge on any atom is -0.354 e. The number of amides is 1. The summed E-state index contributed by atoms with van der Waals surface area (Å²) in [5.41, 5.74) is 2.84. The summed E-state index contributed by atoms with van der Waals surface area (Å²) in [6.07, 6.45) is 1.10. The zero-order valence-corrected chi connectivity index (χ0v) is 11.2. The third kappa shape index (κ3) is 2.96. The fourth-order valence-corrected chi connectivity index (χ4v) is 2.91. The molecular formula is C15H21N3O. The maximum absolute atomic E-state index is 11.9. The Labute approximate surface area is 114 Å². The Hall–Kier alpha value is -1.39. The minimum atomic E-state index is 0.159. The summed E-state index contributed by atoms with van der Waals surface area (Å²) in [4.78, 5) is 14.1. The summed E-state index contributed by atoms with van der Waals surface area (Å²) >= 11 is 0. The van der Waals surface area contributed by atoms with Crippen molar-refractivity contribution in [3.63, 3.8) is 0 Å². The lowest BCUT2D eigenvalue weighted by Crippen LogP contribution is -2.48. The van der Waals surface area contributed by atoms with Gasteiger partial charge in [-0.05, 0) is 17.5 Å². The Bertz CT molecular complexity index is 454. The van der Waals surface area contributed by atoms with Crippen LogP contribution in [0.2, 0.25) is 0 Å². The van der Waals surface area contributed by atoms with Crippen LogP contribution >= 0.6 is 0 Å². The molecule has 1 aliphatic heterocycles. The van der Waals surface area contributed by atoms with E-state index in [1.807, 2.05) is 0 Å². The van der Waals surface area contributed by atoms with Crippen molar-refractivity contribution >= 4 is 5.91 Å². The van der Waals surface area contributed by atoms with Gasteiger partial charge in [0.25, 0.3) is 0 Å². The van der Waals surface area contributed by atoms with Crippen molar-refractivity contribution in [2.45, 2.75) is 12.3 Å². The number of carbonyl (C=O) groups excluding carboxylic acids is 1. The molecule has 1 fully saturated rings. The van der Waals surface area contributed by atoms with E-state index < -0.39 is 0 Å². The molecule has 0 bridgehead atoms. The van der Waals surface area contributed by atoms with Gasteiger partial charge in [-0.25, -0.2) is 0 Å². The van der Waals surface area contributed by atoms with Gasteiger partial charge in [0.15, 0.2) is 0 Å². The number of nitrogens with one attached hydrogen (secondary N) is 2. The topological polar surface area (TPSA) is 44.4 Å². The molecule has 2 N–H and O–H groups in total. The van der Waals surface area contributed by atoms with Gasteiger partial charge < -0.3 is 10.6 Å². The van der Waals surface area contributed by atoms with Gasteiger partial charge in [-0.3, -0.25) is 9.69 Å². The third-order valence-corrected chi connectivity index (χ3v) is 4.08. The Balaban J connectivity index is 1.42. The van der Waals surface area contributed by atoms with E-state index in [0.29, 0.717) is 12.5 Å². The molecule has 1 aliphatic carbocycles. The Morgan fingerprint density at radius 2 is 2.11 bits per heavy atom. The molecule has 1 aromatic rings. The van der Waals surface area contributed by atoms with Gasteiger partial charge >= 0.3 is 0 Å².